The van der Waals surface area contributed by atoms with Gasteiger partial charge in [0, 0.05) is 24.0 Å². The highest BCUT2D eigenvalue weighted by Crippen LogP contribution is 2.29. The zero-order valence-electron chi connectivity index (χ0n) is 12.2. The minimum atomic E-state index is -0.483. The van der Waals surface area contributed by atoms with Crippen LogP contribution in [0, 0.1) is 0 Å². The van der Waals surface area contributed by atoms with Gasteiger partial charge >= 0.3 is 5.69 Å². The molecule has 0 fully saturated rings. The molecule has 2 aromatic heterocycles. The van der Waals surface area contributed by atoms with Crippen molar-refractivity contribution in [2.75, 3.05) is 14.2 Å². The molecule has 0 aliphatic carbocycles. The van der Waals surface area contributed by atoms with Crippen LogP contribution in [0.1, 0.15) is 18.2 Å². The van der Waals surface area contributed by atoms with E-state index in [-0.39, 0.29) is 12.1 Å². The second kappa shape index (κ2) is 6.25. The van der Waals surface area contributed by atoms with Gasteiger partial charge in [0.25, 0.3) is 5.56 Å². The standard InChI is InChI=1S/C14H17N3O4/c1-4-9-7-17(14(19)16-13(9)18)8-10-12(21-3)11(20-2)5-6-15-10/h5-7H,4,8H2,1-3H3,(H,16,18,19). The van der Waals surface area contributed by atoms with Crippen molar-refractivity contribution in [2.45, 2.75) is 19.9 Å². The van der Waals surface area contributed by atoms with E-state index in [0.717, 1.165) is 0 Å². The fourth-order valence-electron chi connectivity index (χ4n) is 2.05. The Labute approximate surface area is 121 Å². The molecular weight excluding hydrogens is 274 g/mol. The summed E-state index contributed by atoms with van der Waals surface area (Å²) in [5.74, 6) is 1.01. The fourth-order valence-corrected chi connectivity index (χ4v) is 2.05. The summed E-state index contributed by atoms with van der Waals surface area (Å²) in [6, 6.07) is 1.68. The predicted molar refractivity (Wildman–Crippen MR) is 77.1 cm³/mol. The van der Waals surface area contributed by atoms with Gasteiger partial charge in [-0.1, -0.05) is 6.92 Å². The molecule has 112 valence electrons. The molecule has 0 atom stereocenters. The maximum absolute atomic E-state index is 11.9. The van der Waals surface area contributed by atoms with Crippen molar-refractivity contribution in [2.24, 2.45) is 0 Å². The van der Waals surface area contributed by atoms with Crippen LogP contribution in [0.5, 0.6) is 11.5 Å². The van der Waals surface area contributed by atoms with Gasteiger partial charge in [0.15, 0.2) is 11.5 Å². The summed E-state index contributed by atoms with van der Waals surface area (Å²) < 4.78 is 11.9. The smallest absolute Gasteiger partial charge is 0.328 e. The molecule has 0 amide bonds. The van der Waals surface area contributed by atoms with Gasteiger partial charge in [-0.2, -0.15) is 0 Å². The van der Waals surface area contributed by atoms with Crippen molar-refractivity contribution in [1.82, 2.24) is 14.5 Å². The van der Waals surface area contributed by atoms with Crippen molar-refractivity contribution in [3.63, 3.8) is 0 Å². The Morgan fingerprint density at radius 2 is 2.05 bits per heavy atom. The van der Waals surface area contributed by atoms with E-state index in [2.05, 4.69) is 9.97 Å². The molecule has 0 saturated carbocycles. The van der Waals surface area contributed by atoms with Gasteiger partial charge in [0.1, 0.15) is 5.69 Å². The molecule has 0 aliphatic rings. The third kappa shape index (κ3) is 2.96. The van der Waals surface area contributed by atoms with Crippen molar-refractivity contribution in [3.05, 3.63) is 50.6 Å². The predicted octanol–water partition coefficient (Wildman–Crippen LogP) is 0.559. The Bertz CT molecular complexity index is 749. The second-order valence-electron chi connectivity index (χ2n) is 4.39. The molecule has 0 saturated heterocycles. The lowest BCUT2D eigenvalue weighted by molar-refractivity contribution is 0.348. The van der Waals surface area contributed by atoms with E-state index >= 15 is 0 Å². The third-order valence-corrected chi connectivity index (χ3v) is 3.15. The van der Waals surface area contributed by atoms with Gasteiger partial charge in [-0.15, -0.1) is 0 Å². The normalized spacial score (nSPS) is 10.4. The number of pyridine rings is 1. The number of hydrogen-bond acceptors (Lipinski definition) is 5. The van der Waals surface area contributed by atoms with E-state index in [1.54, 1.807) is 18.5 Å². The summed E-state index contributed by atoms with van der Waals surface area (Å²) >= 11 is 0. The number of rotatable bonds is 5. The molecule has 7 nitrogen and oxygen atoms in total. The molecule has 0 aliphatic heterocycles. The van der Waals surface area contributed by atoms with Crippen LogP contribution in [0.4, 0.5) is 0 Å². The number of hydrogen-bond donors (Lipinski definition) is 1. The Morgan fingerprint density at radius 1 is 1.29 bits per heavy atom. The van der Waals surface area contributed by atoms with Gasteiger partial charge < -0.3 is 9.47 Å². The molecule has 0 spiro atoms. The van der Waals surface area contributed by atoms with E-state index in [9.17, 15) is 9.59 Å². The summed E-state index contributed by atoms with van der Waals surface area (Å²) in [7, 11) is 3.04. The summed E-state index contributed by atoms with van der Waals surface area (Å²) in [5, 5.41) is 0. The quantitative estimate of drug-likeness (QED) is 0.870. The monoisotopic (exact) mass is 291 g/mol. The summed E-state index contributed by atoms with van der Waals surface area (Å²) in [6.07, 6.45) is 3.66. The molecule has 0 bridgehead atoms. The topological polar surface area (TPSA) is 86.2 Å². The summed E-state index contributed by atoms with van der Waals surface area (Å²) in [5.41, 5.74) is 0.248. The zero-order chi connectivity index (χ0) is 15.4. The van der Waals surface area contributed by atoms with Crippen LogP contribution >= 0.6 is 0 Å². The third-order valence-electron chi connectivity index (χ3n) is 3.15. The van der Waals surface area contributed by atoms with Gasteiger partial charge in [-0.3, -0.25) is 19.3 Å². The molecular formula is C14H17N3O4. The molecule has 7 heteroatoms. The van der Waals surface area contributed by atoms with Crippen molar-refractivity contribution in [1.29, 1.82) is 0 Å². The van der Waals surface area contributed by atoms with Crippen LogP contribution in [-0.4, -0.2) is 28.8 Å². The number of methoxy groups -OCH3 is 2. The average molecular weight is 291 g/mol. The Morgan fingerprint density at radius 3 is 2.67 bits per heavy atom. The Hall–Kier alpha value is -2.57. The maximum Gasteiger partial charge on any atom is 0.328 e. The zero-order valence-corrected chi connectivity index (χ0v) is 12.2. The Balaban J connectivity index is 2.48. The van der Waals surface area contributed by atoms with Gasteiger partial charge in [0.2, 0.25) is 0 Å². The minimum Gasteiger partial charge on any atom is -0.493 e. The van der Waals surface area contributed by atoms with E-state index < -0.39 is 5.69 Å². The lowest BCUT2D eigenvalue weighted by Gasteiger charge is -2.12. The molecule has 2 heterocycles. The number of ether oxygens (including phenoxy) is 2. The average Bonchev–Trinajstić information content (AvgIpc) is 2.49. The highest BCUT2D eigenvalue weighted by atomic mass is 16.5. The number of nitrogens with one attached hydrogen (secondary N) is 1. The highest BCUT2D eigenvalue weighted by molar-refractivity contribution is 5.42. The molecule has 21 heavy (non-hydrogen) atoms. The van der Waals surface area contributed by atoms with Crippen LogP contribution in [0.25, 0.3) is 0 Å². The van der Waals surface area contributed by atoms with Gasteiger partial charge in [-0.05, 0) is 6.42 Å². The lowest BCUT2D eigenvalue weighted by atomic mass is 10.2. The number of aryl methyl sites for hydroxylation is 1. The molecule has 0 radical (unpaired) electrons. The van der Waals surface area contributed by atoms with Crippen LogP contribution in [0.2, 0.25) is 0 Å². The van der Waals surface area contributed by atoms with Crippen molar-refractivity contribution >= 4 is 0 Å². The largest absolute Gasteiger partial charge is 0.493 e. The number of aromatic amines is 1. The summed E-state index contributed by atoms with van der Waals surface area (Å²) in [4.78, 5) is 30.0. The first kappa shape index (κ1) is 14.8. The minimum absolute atomic E-state index is 0.184. The molecule has 2 aromatic rings. The van der Waals surface area contributed by atoms with E-state index in [1.165, 1.54) is 18.8 Å². The Kier molecular flexibility index (Phi) is 4.42. The van der Waals surface area contributed by atoms with Crippen LogP contribution in [-0.2, 0) is 13.0 Å². The molecule has 0 unspecified atom stereocenters. The van der Waals surface area contributed by atoms with Crippen LogP contribution < -0.4 is 20.7 Å². The lowest BCUT2D eigenvalue weighted by Crippen LogP contribution is -2.32. The van der Waals surface area contributed by atoms with Gasteiger partial charge in [0.05, 0.1) is 20.8 Å². The van der Waals surface area contributed by atoms with Crippen molar-refractivity contribution < 1.29 is 9.47 Å². The van der Waals surface area contributed by atoms with E-state index in [1.807, 2.05) is 6.92 Å². The molecule has 1 N–H and O–H groups in total. The highest BCUT2D eigenvalue weighted by Gasteiger charge is 2.13. The maximum atomic E-state index is 11.9. The van der Waals surface area contributed by atoms with Crippen LogP contribution in [0.15, 0.2) is 28.0 Å². The number of H-pyrrole nitrogens is 1. The van der Waals surface area contributed by atoms with Crippen LogP contribution in [0.3, 0.4) is 0 Å². The first-order valence-corrected chi connectivity index (χ1v) is 6.49. The SMILES string of the molecule is CCc1cn(Cc2nccc(OC)c2OC)c(=O)[nH]c1=O. The molecule has 2 rings (SSSR count). The second-order valence-corrected chi connectivity index (χ2v) is 4.39. The van der Waals surface area contributed by atoms with E-state index in [4.69, 9.17) is 9.47 Å². The first-order valence-electron chi connectivity index (χ1n) is 6.49. The number of nitrogens with zero attached hydrogens (tertiary/aromatic N) is 2. The van der Waals surface area contributed by atoms with Gasteiger partial charge in [-0.25, -0.2) is 4.79 Å². The first-order chi connectivity index (χ1) is 10.1. The summed E-state index contributed by atoms with van der Waals surface area (Å²) in [6.45, 7) is 2.03. The van der Waals surface area contributed by atoms with E-state index in [0.29, 0.717) is 29.2 Å². The fraction of sp³-hybridized carbons (Fsp3) is 0.357. The van der Waals surface area contributed by atoms with Crippen molar-refractivity contribution in [3.8, 4) is 11.5 Å². The number of aromatic nitrogens is 3. The molecule has 0 aromatic carbocycles.